The number of aryl methyl sites for hydroxylation is 1. The fraction of sp³-hybridized carbons (Fsp3) is 0.625. The number of hydrogen-bond donors (Lipinski definition) is 1. The van der Waals surface area contributed by atoms with Gasteiger partial charge in [-0.05, 0) is 42.6 Å². The van der Waals surface area contributed by atoms with Crippen molar-refractivity contribution in [2.75, 3.05) is 6.61 Å². The molecule has 1 N–H and O–H groups in total. The lowest BCUT2D eigenvalue weighted by Gasteiger charge is -2.34. The Bertz CT molecular complexity index is 626. The molecule has 0 spiro atoms. The number of hydrogen-bond acceptors (Lipinski definition) is 4. The van der Waals surface area contributed by atoms with Crippen molar-refractivity contribution in [2.24, 2.45) is 0 Å². The first kappa shape index (κ1) is 16.7. The third kappa shape index (κ3) is 4.02. The van der Waals surface area contributed by atoms with Crippen LogP contribution in [0.4, 0.5) is 0 Å². The number of imidazole rings is 1. The highest BCUT2D eigenvalue weighted by Gasteiger charge is 2.31. The molecule has 3 rings (SSSR count). The van der Waals surface area contributed by atoms with Crippen LogP contribution in [0.25, 0.3) is 0 Å². The fourth-order valence-electron chi connectivity index (χ4n) is 3.19. The second-order valence-electron chi connectivity index (χ2n) is 6.06. The molecule has 0 amide bonds. The first-order chi connectivity index (χ1) is 11.2. The molecule has 3 atom stereocenters. The number of halogens is 1. The first-order valence-corrected chi connectivity index (χ1v) is 9.03. The summed E-state index contributed by atoms with van der Waals surface area (Å²) in [7, 11) is 0. The van der Waals surface area contributed by atoms with E-state index < -0.39 is 0 Å². The second kappa shape index (κ2) is 7.59. The molecule has 0 aliphatic carbocycles. The lowest BCUT2D eigenvalue weighted by atomic mass is 10.0. The summed E-state index contributed by atoms with van der Waals surface area (Å²) in [6, 6.07) is 0.589. The van der Waals surface area contributed by atoms with E-state index in [9.17, 15) is 0 Å². The molecule has 1 aliphatic heterocycles. The molecular weight excluding hydrogens is 358 g/mol. The van der Waals surface area contributed by atoms with E-state index in [-0.39, 0.29) is 12.1 Å². The SMILES string of the molecule is CCn1ccnc1[C@H]1OCCC[C@@H]1N[C@H](C)Cn1cc(Br)cn1. The maximum absolute atomic E-state index is 6.06. The first-order valence-electron chi connectivity index (χ1n) is 8.24. The lowest BCUT2D eigenvalue weighted by Crippen LogP contribution is -2.46. The summed E-state index contributed by atoms with van der Waals surface area (Å²) < 4.78 is 11.2. The minimum absolute atomic E-state index is 0.0190. The fourth-order valence-corrected chi connectivity index (χ4v) is 3.52. The van der Waals surface area contributed by atoms with Crippen molar-refractivity contribution >= 4 is 15.9 Å². The Labute approximate surface area is 145 Å². The summed E-state index contributed by atoms with van der Waals surface area (Å²) in [5.74, 6) is 1.03. The number of aromatic nitrogens is 4. The Kier molecular flexibility index (Phi) is 5.50. The Morgan fingerprint density at radius 3 is 3.13 bits per heavy atom. The van der Waals surface area contributed by atoms with Gasteiger partial charge in [0.15, 0.2) is 0 Å². The van der Waals surface area contributed by atoms with Gasteiger partial charge in [-0.1, -0.05) is 0 Å². The molecule has 0 radical (unpaired) electrons. The Morgan fingerprint density at radius 1 is 1.52 bits per heavy atom. The average Bonchev–Trinajstić information content (AvgIpc) is 3.16. The monoisotopic (exact) mass is 381 g/mol. The zero-order valence-electron chi connectivity index (χ0n) is 13.7. The van der Waals surface area contributed by atoms with E-state index in [0.29, 0.717) is 6.04 Å². The van der Waals surface area contributed by atoms with Gasteiger partial charge in [-0.15, -0.1) is 0 Å². The maximum Gasteiger partial charge on any atom is 0.139 e. The molecule has 126 valence electrons. The Balaban J connectivity index is 1.66. The van der Waals surface area contributed by atoms with E-state index in [1.165, 1.54) is 0 Å². The normalized spacial score (nSPS) is 23.1. The summed E-state index contributed by atoms with van der Waals surface area (Å²) in [6.45, 7) is 6.87. The molecule has 1 fully saturated rings. The molecule has 7 heteroatoms. The van der Waals surface area contributed by atoms with Crippen LogP contribution in [0, 0.1) is 0 Å². The molecule has 23 heavy (non-hydrogen) atoms. The molecule has 3 heterocycles. The largest absolute Gasteiger partial charge is 0.369 e. The van der Waals surface area contributed by atoms with Gasteiger partial charge in [0.05, 0.1) is 17.2 Å². The highest BCUT2D eigenvalue weighted by molar-refractivity contribution is 9.10. The summed E-state index contributed by atoms with van der Waals surface area (Å²) in [4.78, 5) is 4.53. The van der Waals surface area contributed by atoms with Gasteiger partial charge < -0.3 is 14.6 Å². The molecule has 1 saturated heterocycles. The van der Waals surface area contributed by atoms with Gasteiger partial charge in [0.2, 0.25) is 0 Å². The van der Waals surface area contributed by atoms with Crippen LogP contribution in [0.2, 0.25) is 0 Å². The Morgan fingerprint density at radius 2 is 2.39 bits per heavy atom. The zero-order chi connectivity index (χ0) is 16.2. The average molecular weight is 382 g/mol. The maximum atomic E-state index is 6.06. The van der Waals surface area contributed by atoms with Crippen LogP contribution in [0.15, 0.2) is 29.3 Å². The van der Waals surface area contributed by atoms with Gasteiger partial charge >= 0.3 is 0 Å². The van der Waals surface area contributed by atoms with Crippen molar-refractivity contribution in [3.63, 3.8) is 0 Å². The van der Waals surface area contributed by atoms with E-state index in [0.717, 1.165) is 42.8 Å². The van der Waals surface area contributed by atoms with E-state index in [1.807, 2.05) is 29.5 Å². The molecule has 0 bridgehead atoms. The lowest BCUT2D eigenvalue weighted by molar-refractivity contribution is -0.0208. The summed E-state index contributed by atoms with van der Waals surface area (Å²) in [5.41, 5.74) is 0. The van der Waals surface area contributed by atoms with E-state index in [1.54, 1.807) is 0 Å². The van der Waals surface area contributed by atoms with Gasteiger partial charge in [-0.2, -0.15) is 5.10 Å². The van der Waals surface area contributed by atoms with Crippen LogP contribution < -0.4 is 5.32 Å². The van der Waals surface area contributed by atoms with Crippen molar-refractivity contribution in [3.8, 4) is 0 Å². The molecule has 2 aromatic heterocycles. The number of ether oxygens (including phenoxy) is 1. The number of nitrogens with zero attached hydrogens (tertiary/aromatic N) is 4. The smallest absolute Gasteiger partial charge is 0.139 e. The van der Waals surface area contributed by atoms with E-state index in [2.05, 4.69) is 49.7 Å². The standard InChI is InChI=1S/C16H24BrN5O/c1-3-21-7-6-18-16(21)15-14(5-4-8-23-15)20-12(2)10-22-11-13(17)9-19-22/h6-7,9,11-12,14-15,20H,3-5,8,10H2,1-2H3/t12-,14+,15+/m1/s1. The Hall–Kier alpha value is -1.18. The zero-order valence-corrected chi connectivity index (χ0v) is 15.2. The van der Waals surface area contributed by atoms with Crippen LogP contribution >= 0.6 is 15.9 Å². The summed E-state index contributed by atoms with van der Waals surface area (Å²) in [6.07, 6.45) is 9.91. The van der Waals surface area contributed by atoms with Gasteiger partial charge in [-0.25, -0.2) is 4.98 Å². The molecule has 1 aliphatic rings. The van der Waals surface area contributed by atoms with Gasteiger partial charge in [0, 0.05) is 43.8 Å². The third-order valence-electron chi connectivity index (χ3n) is 4.23. The molecular formula is C16H24BrN5O. The molecule has 6 nitrogen and oxygen atoms in total. The molecule has 0 unspecified atom stereocenters. The van der Waals surface area contributed by atoms with Crippen LogP contribution in [0.1, 0.15) is 38.6 Å². The third-order valence-corrected chi connectivity index (χ3v) is 4.64. The quantitative estimate of drug-likeness (QED) is 0.835. The highest BCUT2D eigenvalue weighted by Crippen LogP contribution is 2.28. The minimum Gasteiger partial charge on any atom is -0.369 e. The van der Waals surface area contributed by atoms with Crippen LogP contribution in [0.5, 0.6) is 0 Å². The summed E-state index contributed by atoms with van der Waals surface area (Å²) >= 11 is 3.44. The van der Waals surface area contributed by atoms with Gasteiger partial charge in [-0.3, -0.25) is 4.68 Å². The van der Waals surface area contributed by atoms with Gasteiger partial charge in [0.1, 0.15) is 11.9 Å². The molecule has 0 saturated carbocycles. The van der Waals surface area contributed by atoms with Crippen molar-refractivity contribution < 1.29 is 4.74 Å². The second-order valence-corrected chi connectivity index (χ2v) is 6.98. The predicted octanol–water partition coefficient (Wildman–Crippen LogP) is 2.76. The molecule has 0 aromatic carbocycles. The highest BCUT2D eigenvalue weighted by atomic mass is 79.9. The predicted molar refractivity (Wildman–Crippen MR) is 92.1 cm³/mol. The van der Waals surface area contributed by atoms with Crippen LogP contribution in [0.3, 0.4) is 0 Å². The van der Waals surface area contributed by atoms with E-state index in [4.69, 9.17) is 4.74 Å². The van der Waals surface area contributed by atoms with Crippen LogP contribution in [-0.4, -0.2) is 38.0 Å². The van der Waals surface area contributed by atoms with Crippen molar-refractivity contribution in [2.45, 2.75) is 58.0 Å². The number of nitrogens with one attached hydrogen (secondary N) is 1. The van der Waals surface area contributed by atoms with Crippen molar-refractivity contribution in [1.29, 1.82) is 0 Å². The van der Waals surface area contributed by atoms with Gasteiger partial charge in [0.25, 0.3) is 0 Å². The topological polar surface area (TPSA) is 56.9 Å². The van der Waals surface area contributed by atoms with Crippen molar-refractivity contribution in [1.82, 2.24) is 24.6 Å². The number of rotatable bonds is 6. The minimum atomic E-state index is 0.0190. The van der Waals surface area contributed by atoms with Crippen molar-refractivity contribution in [3.05, 3.63) is 35.1 Å². The van der Waals surface area contributed by atoms with Crippen LogP contribution in [-0.2, 0) is 17.8 Å². The summed E-state index contributed by atoms with van der Waals surface area (Å²) in [5, 5.41) is 8.04. The molecule has 2 aromatic rings. The van der Waals surface area contributed by atoms with E-state index >= 15 is 0 Å².